The quantitative estimate of drug-likeness (QED) is 0.812. The van der Waals surface area contributed by atoms with Crippen LogP contribution in [-0.4, -0.2) is 13.2 Å². The van der Waals surface area contributed by atoms with Gasteiger partial charge in [0.1, 0.15) is 17.6 Å². The minimum Gasteiger partial charge on any atom is -0.494 e. The highest BCUT2D eigenvalue weighted by Gasteiger charge is 2.54. The summed E-state index contributed by atoms with van der Waals surface area (Å²) in [5.74, 6) is 0.531. The van der Waals surface area contributed by atoms with Gasteiger partial charge in [0.15, 0.2) is 5.41 Å². The summed E-state index contributed by atoms with van der Waals surface area (Å²) >= 11 is 0. The number of benzene rings is 1. The molecule has 1 aromatic carbocycles. The molecule has 0 radical (unpaired) electrons. The number of ether oxygens (including phenoxy) is 2. The topological polar surface area (TPSA) is 116 Å². The van der Waals surface area contributed by atoms with Gasteiger partial charge in [-0.1, -0.05) is 6.08 Å². The fourth-order valence-electron chi connectivity index (χ4n) is 4.53. The van der Waals surface area contributed by atoms with Gasteiger partial charge in [-0.15, -0.1) is 0 Å². The van der Waals surface area contributed by atoms with Crippen molar-refractivity contribution in [1.29, 1.82) is 15.8 Å². The van der Waals surface area contributed by atoms with Crippen molar-refractivity contribution in [1.82, 2.24) is 0 Å². The summed E-state index contributed by atoms with van der Waals surface area (Å²) in [6.45, 7) is 4.72. The molecule has 2 atom stereocenters. The molecule has 0 saturated carbocycles. The number of hydrogen-bond donors (Lipinski definition) is 1. The lowest BCUT2D eigenvalue weighted by Gasteiger charge is -2.43. The molecule has 29 heavy (non-hydrogen) atoms. The van der Waals surface area contributed by atoms with Crippen molar-refractivity contribution in [2.45, 2.75) is 39.0 Å². The maximum atomic E-state index is 10.2. The van der Waals surface area contributed by atoms with Crippen molar-refractivity contribution >= 4 is 0 Å². The lowest BCUT2D eigenvalue weighted by Crippen LogP contribution is -2.42. The molecule has 0 aromatic heterocycles. The lowest BCUT2D eigenvalue weighted by atomic mass is 9.56. The normalized spacial score (nSPS) is 22.4. The molecular weight excluding hydrogens is 364 g/mol. The number of allylic oxidation sites excluding steroid dienone is 4. The van der Waals surface area contributed by atoms with Crippen molar-refractivity contribution in [3.63, 3.8) is 0 Å². The number of nitriles is 3. The fourth-order valence-corrected chi connectivity index (χ4v) is 4.53. The van der Waals surface area contributed by atoms with Crippen LogP contribution in [0.15, 0.2) is 41.1 Å². The van der Waals surface area contributed by atoms with Crippen LogP contribution >= 0.6 is 0 Å². The van der Waals surface area contributed by atoms with Gasteiger partial charge in [0.25, 0.3) is 0 Å². The number of hydrogen-bond acceptors (Lipinski definition) is 6. The third-order valence-electron chi connectivity index (χ3n) is 5.73. The smallest absolute Gasteiger partial charge is 0.191 e. The highest BCUT2D eigenvalue weighted by molar-refractivity contribution is 5.61. The average Bonchev–Trinajstić information content (AvgIpc) is 2.74. The molecule has 0 amide bonds. The molecule has 0 heterocycles. The van der Waals surface area contributed by atoms with Gasteiger partial charge in [-0.2, -0.15) is 15.8 Å². The van der Waals surface area contributed by atoms with Crippen LogP contribution in [0, 0.1) is 45.3 Å². The van der Waals surface area contributed by atoms with Gasteiger partial charge in [0, 0.05) is 11.5 Å². The Labute approximate surface area is 171 Å². The summed E-state index contributed by atoms with van der Waals surface area (Å²) in [6, 6.07) is 12.0. The standard InChI is InChI=1S/C23H24N4O2/c1-3-28-15-9-10-20(29-4-2)18(11-15)21-17-8-6-5-7-16(17)19(12-24)22(27)23(21,13-25)14-26/h7,9-11,17,21H,3-6,8,27H2,1-2H3/t17-,21+/m0/s1. The van der Waals surface area contributed by atoms with E-state index in [1.54, 1.807) is 0 Å². The van der Waals surface area contributed by atoms with Crippen LogP contribution in [0.1, 0.15) is 44.6 Å². The monoisotopic (exact) mass is 388 g/mol. The maximum Gasteiger partial charge on any atom is 0.191 e. The van der Waals surface area contributed by atoms with E-state index in [4.69, 9.17) is 15.2 Å². The zero-order chi connectivity index (χ0) is 21.0. The van der Waals surface area contributed by atoms with E-state index in [1.807, 2.05) is 38.1 Å². The number of nitrogens with two attached hydrogens (primary N) is 1. The highest BCUT2D eigenvalue weighted by atomic mass is 16.5. The van der Waals surface area contributed by atoms with Gasteiger partial charge < -0.3 is 15.2 Å². The predicted molar refractivity (Wildman–Crippen MR) is 107 cm³/mol. The summed E-state index contributed by atoms with van der Waals surface area (Å²) < 4.78 is 11.5. The van der Waals surface area contributed by atoms with Crippen LogP contribution in [0.3, 0.4) is 0 Å². The predicted octanol–water partition coefficient (Wildman–Crippen LogP) is 4.08. The molecule has 2 N–H and O–H groups in total. The second kappa shape index (κ2) is 8.29. The summed E-state index contributed by atoms with van der Waals surface area (Å²) in [7, 11) is 0. The highest BCUT2D eigenvalue weighted by Crippen LogP contribution is 2.57. The largest absolute Gasteiger partial charge is 0.494 e. The Kier molecular flexibility index (Phi) is 5.81. The molecular formula is C23H24N4O2. The van der Waals surface area contributed by atoms with E-state index >= 15 is 0 Å². The molecule has 2 aliphatic rings. The molecule has 148 valence electrons. The fraction of sp³-hybridized carbons (Fsp3) is 0.435. The van der Waals surface area contributed by atoms with Crippen molar-refractivity contribution in [3.05, 3.63) is 46.7 Å². The third kappa shape index (κ3) is 3.20. The van der Waals surface area contributed by atoms with E-state index in [2.05, 4.69) is 18.2 Å². The van der Waals surface area contributed by atoms with Crippen LogP contribution < -0.4 is 15.2 Å². The molecule has 2 aliphatic carbocycles. The minimum absolute atomic E-state index is 0.0312. The molecule has 0 unspecified atom stereocenters. The first kappa shape index (κ1) is 20.3. The molecule has 0 spiro atoms. The molecule has 6 heteroatoms. The van der Waals surface area contributed by atoms with Crippen LogP contribution in [0.5, 0.6) is 11.5 Å². The van der Waals surface area contributed by atoms with Crippen LogP contribution in [-0.2, 0) is 0 Å². The maximum absolute atomic E-state index is 10.2. The summed E-state index contributed by atoms with van der Waals surface area (Å²) in [6.07, 6.45) is 4.56. The van der Waals surface area contributed by atoms with E-state index < -0.39 is 11.3 Å². The third-order valence-corrected chi connectivity index (χ3v) is 5.73. The molecule has 6 nitrogen and oxygen atoms in total. The van der Waals surface area contributed by atoms with E-state index in [1.165, 1.54) is 0 Å². The SMILES string of the molecule is CCOc1ccc(OCC)c([C@H]2[C@H]3CCCC=C3C(C#N)=C(N)C2(C#N)C#N)c1. The van der Waals surface area contributed by atoms with Crippen LogP contribution in [0.25, 0.3) is 0 Å². The number of rotatable bonds is 5. The summed E-state index contributed by atoms with van der Waals surface area (Å²) in [5.41, 5.74) is 6.56. The zero-order valence-electron chi connectivity index (χ0n) is 16.7. The first-order valence-corrected chi connectivity index (χ1v) is 9.90. The van der Waals surface area contributed by atoms with E-state index in [-0.39, 0.29) is 17.2 Å². The minimum atomic E-state index is -1.65. The van der Waals surface area contributed by atoms with Gasteiger partial charge in [0.05, 0.1) is 36.6 Å². The Morgan fingerprint density at radius 1 is 1.14 bits per heavy atom. The van der Waals surface area contributed by atoms with Crippen molar-refractivity contribution in [3.8, 4) is 29.7 Å². The Balaban J connectivity index is 2.33. The molecule has 0 bridgehead atoms. The van der Waals surface area contributed by atoms with Gasteiger partial charge in [-0.25, -0.2) is 0 Å². The second-order valence-electron chi connectivity index (χ2n) is 7.17. The number of fused-ring (bicyclic) bond motifs is 1. The molecule has 3 rings (SSSR count). The van der Waals surface area contributed by atoms with Crippen molar-refractivity contribution in [2.75, 3.05) is 13.2 Å². The van der Waals surface area contributed by atoms with Crippen molar-refractivity contribution in [2.24, 2.45) is 17.1 Å². The van der Waals surface area contributed by atoms with E-state index in [9.17, 15) is 15.8 Å². The van der Waals surface area contributed by atoms with E-state index in [0.29, 0.717) is 24.7 Å². The lowest BCUT2D eigenvalue weighted by molar-refractivity contribution is 0.288. The van der Waals surface area contributed by atoms with Crippen LogP contribution in [0.4, 0.5) is 0 Å². The van der Waals surface area contributed by atoms with E-state index in [0.717, 1.165) is 30.4 Å². The molecule has 1 aromatic rings. The van der Waals surface area contributed by atoms with Gasteiger partial charge in [-0.3, -0.25) is 0 Å². The van der Waals surface area contributed by atoms with Crippen LogP contribution in [0.2, 0.25) is 0 Å². The van der Waals surface area contributed by atoms with Crippen molar-refractivity contribution < 1.29 is 9.47 Å². The first-order chi connectivity index (χ1) is 14.1. The van der Waals surface area contributed by atoms with Gasteiger partial charge in [-0.05, 0) is 62.8 Å². The van der Waals surface area contributed by atoms with Gasteiger partial charge >= 0.3 is 0 Å². The zero-order valence-corrected chi connectivity index (χ0v) is 16.7. The molecule has 0 fully saturated rings. The average molecular weight is 388 g/mol. The number of nitrogens with zero attached hydrogens (tertiary/aromatic N) is 3. The summed E-state index contributed by atoms with van der Waals surface area (Å²) in [5, 5.41) is 30.0. The second-order valence-corrected chi connectivity index (χ2v) is 7.17. The van der Waals surface area contributed by atoms with Gasteiger partial charge in [0.2, 0.25) is 0 Å². The first-order valence-electron chi connectivity index (χ1n) is 9.90. The molecule has 0 saturated heterocycles. The Hall–Kier alpha value is -3.43. The summed E-state index contributed by atoms with van der Waals surface area (Å²) in [4.78, 5) is 0. The Morgan fingerprint density at radius 3 is 2.48 bits per heavy atom. The molecule has 0 aliphatic heterocycles. The Bertz CT molecular complexity index is 974. The Morgan fingerprint density at radius 2 is 1.86 bits per heavy atom.